The maximum absolute atomic E-state index is 13.5. The van der Waals surface area contributed by atoms with Gasteiger partial charge in [-0.3, -0.25) is 4.79 Å². The van der Waals surface area contributed by atoms with E-state index in [1.165, 1.54) is 0 Å². The molecule has 0 aromatic rings. The Kier molecular flexibility index (Phi) is 6.80. The summed E-state index contributed by atoms with van der Waals surface area (Å²) in [5, 5.41) is 0.0588. The van der Waals surface area contributed by atoms with Crippen molar-refractivity contribution in [3.8, 4) is 0 Å². The molecule has 1 saturated carbocycles. The second kappa shape index (κ2) is 8.18. The average Bonchev–Trinajstić information content (AvgIpc) is 2.54. The van der Waals surface area contributed by atoms with Gasteiger partial charge in [0, 0.05) is 0 Å². The van der Waals surface area contributed by atoms with Crippen molar-refractivity contribution < 1.29 is 23.5 Å². The molecule has 0 N–H and O–H groups in total. The quantitative estimate of drug-likeness (QED) is 0.342. The molecule has 0 radical (unpaired) electrons. The second-order valence-corrected chi connectivity index (χ2v) is 15.5. The molecule has 2 rings (SSSR count). The molecule has 2 aliphatic rings. The molecule has 4 atom stereocenters. The minimum absolute atomic E-state index is 0.0588. The lowest BCUT2D eigenvalue weighted by Gasteiger charge is -2.54. The van der Waals surface area contributed by atoms with E-state index in [9.17, 15) is 9.59 Å². The summed E-state index contributed by atoms with van der Waals surface area (Å²) in [5.74, 6) is 0.00294. The summed E-state index contributed by atoms with van der Waals surface area (Å²) in [7, 11) is -2.07. The van der Waals surface area contributed by atoms with Crippen molar-refractivity contribution in [3.05, 3.63) is 11.3 Å². The van der Waals surface area contributed by atoms with Crippen LogP contribution in [0.3, 0.4) is 0 Å². The van der Waals surface area contributed by atoms with Gasteiger partial charge in [-0.15, -0.1) is 0 Å². The first-order chi connectivity index (χ1) is 13.2. The van der Waals surface area contributed by atoms with Crippen LogP contribution in [-0.2, 0) is 23.5 Å². The smallest absolute Gasteiger partial charge is 0.345 e. The first-order valence-corrected chi connectivity index (χ1v) is 13.9. The zero-order chi connectivity index (χ0) is 22.4. The van der Waals surface area contributed by atoms with E-state index in [2.05, 4.69) is 47.7 Å². The fraction of sp³-hybridized carbons (Fsp3) is 0.826. The lowest BCUT2D eigenvalue weighted by atomic mass is 9.64. The summed E-state index contributed by atoms with van der Waals surface area (Å²) >= 11 is 0. The standard InChI is InChI=1S/C23H40O5Si/c1-11-26-21(25)19-15(4)27-23(8)17(20(19)24)12-16(14(2)3)13-18(23)28-29(9,10)22(5,6)7/h14,16-18H,11-13H2,1-10H3/t16-,17-,18?,23-/m0/s1. The zero-order valence-electron chi connectivity index (χ0n) is 20.0. The molecule has 1 unspecified atom stereocenters. The first kappa shape index (κ1) is 24.1. The highest BCUT2D eigenvalue weighted by atomic mass is 28.4. The van der Waals surface area contributed by atoms with Gasteiger partial charge in [0.05, 0.1) is 18.6 Å². The number of esters is 1. The predicted molar refractivity (Wildman–Crippen MR) is 117 cm³/mol. The Hall–Kier alpha value is -1.14. The number of carbonyl (C=O) groups excluding carboxylic acids is 2. The molecule has 6 heteroatoms. The average molecular weight is 425 g/mol. The van der Waals surface area contributed by atoms with Gasteiger partial charge in [-0.2, -0.15) is 0 Å². The number of Topliss-reactive ketones (excluding diaryl/α,β-unsaturated/α-hetero) is 1. The molecule has 1 heterocycles. The lowest BCUT2D eigenvalue weighted by molar-refractivity contribution is -0.172. The van der Waals surface area contributed by atoms with E-state index in [-0.39, 0.29) is 29.1 Å². The Morgan fingerprint density at radius 2 is 1.86 bits per heavy atom. The van der Waals surface area contributed by atoms with Gasteiger partial charge in [-0.05, 0) is 63.6 Å². The van der Waals surface area contributed by atoms with Crippen LogP contribution in [0.15, 0.2) is 11.3 Å². The van der Waals surface area contributed by atoms with Gasteiger partial charge in [0.15, 0.2) is 14.1 Å². The molecule has 0 aromatic heterocycles. The van der Waals surface area contributed by atoms with E-state index >= 15 is 0 Å². The number of fused-ring (bicyclic) bond motifs is 1. The summed E-state index contributed by atoms with van der Waals surface area (Å²) in [6.45, 7) is 21.2. The number of ether oxygens (including phenoxy) is 2. The second-order valence-electron chi connectivity index (χ2n) is 10.7. The molecule has 0 saturated heterocycles. The van der Waals surface area contributed by atoms with Crippen LogP contribution in [0.25, 0.3) is 0 Å². The minimum Gasteiger partial charge on any atom is -0.488 e. The third-order valence-corrected chi connectivity index (χ3v) is 11.8. The molecular formula is C23H40O5Si. The third kappa shape index (κ3) is 4.48. The summed E-state index contributed by atoms with van der Waals surface area (Å²) in [6, 6.07) is 0. The van der Waals surface area contributed by atoms with Crippen molar-refractivity contribution in [2.24, 2.45) is 17.8 Å². The van der Waals surface area contributed by atoms with Gasteiger partial charge in [-0.1, -0.05) is 34.6 Å². The van der Waals surface area contributed by atoms with Crippen LogP contribution in [0.1, 0.15) is 68.2 Å². The Morgan fingerprint density at radius 1 is 1.28 bits per heavy atom. The van der Waals surface area contributed by atoms with Crippen LogP contribution in [-0.4, -0.2) is 38.4 Å². The monoisotopic (exact) mass is 424 g/mol. The van der Waals surface area contributed by atoms with Gasteiger partial charge < -0.3 is 13.9 Å². The molecule has 1 aliphatic carbocycles. The van der Waals surface area contributed by atoms with Crippen LogP contribution in [0, 0.1) is 17.8 Å². The number of hydrogen-bond donors (Lipinski definition) is 0. The fourth-order valence-electron chi connectivity index (χ4n) is 4.29. The van der Waals surface area contributed by atoms with Crippen LogP contribution in [0.2, 0.25) is 18.1 Å². The molecule has 0 bridgehead atoms. The van der Waals surface area contributed by atoms with Crippen molar-refractivity contribution in [1.29, 1.82) is 0 Å². The lowest BCUT2D eigenvalue weighted by Crippen LogP contribution is -2.62. The minimum atomic E-state index is -2.07. The van der Waals surface area contributed by atoms with E-state index in [1.807, 2.05) is 6.92 Å². The van der Waals surface area contributed by atoms with Crippen molar-refractivity contribution >= 4 is 20.1 Å². The zero-order valence-corrected chi connectivity index (χ0v) is 21.0. The van der Waals surface area contributed by atoms with Crippen LogP contribution in [0.4, 0.5) is 0 Å². The number of hydrogen-bond acceptors (Lipinski definition) is 5. The van der Waals surface area contributed by atoms with E-state index in [0.29, 0.717) is 24.0 Å². The number of rotatable bonds is 5. The van der Waals surface area contributed by atoms with Crippen molar-refractivity contribution in [3.63, 3.8) is 0 Å². The molecule has 1 aliphatic heterocycles. The van der Waals surface area contributed by atoms with Crippen LogP contribution < -0.4 is 0 Å². The maximum Gasteiger partial charge on any atom is 0.345 e. The molecule has 166 valence electrons. The van der Waals surface area contributed by atoms with E-state index in [1.54, 1.807) is 13.8 Å². The summed E-state index contributed by atoms with van der Waals surface area (Å²) in [5.41, 5.74) is -0.692. The summed E-state index contributed by atoms with van der Waals surface area (Å²) in [4.78, 5) is 25.9. The first-order valence-electron chi connectivity index (χ1n) is 10.9. The predicted octanol–water partition coefficient (Wildman–Crippen LogP) is 5.25. The third-order valence-electron chi connectivity index (χ3n) is 7.34. The van der Waals surface area contributed by atoms with E-state index in [0.717, 1.165) is 6.42 Å². The van der Waals surface area contributed by atoms with E-state index < -0.39 is 25.8 Å². The highest BCUT2D eigenvalue weighted by Gasteiger charge is 2.58. The molecular weight excluding hydrogens is 384 g/mol. The largest absolute Gasteiger partial charge is 0.488 e. The van der Waals surface area contributed by atoms with E-state index in [4.69, 9.17) is 13.9 Å². The van der Waals surface area contributed by atoms with Gasteiger partial charge in [-0.25, -0.2) is 4.79 Å². The Balaban J connectivity index is 2.49. The molecule has 0 amide bonds. The molecule has 29 heavy (non-hydrogen) atoms. The normalized spacial score (nSPS) is 30.9. The number of allylic oxidation sites excluding steroid dienone is 1. The van der Waals surface area contributed by atoms with Crippen molar-refractivity contribution in [2.75, 3.05) is 6.61 Å². The highest BCUT2D eigenvalue weighted by Crippen LogP contribution is 2.50. The Bertz CT molecular complexity index is 688. The summed E-state index contributed by atoms with van der Waals surface area (Å²) in [6.07, 6.45) is 1.39. The van der Waals surface area contributed by atoms with Crippen LogP contribution in [0.5, 0.6) is 0 Å². The molecule has 1 fully saturated rings. The van der Waals surface area contributed by atoms with Gasteiger partial charge >= 0.3 is 5.97 Å². The van der Waals surface area contributed by atoms with Gasteiger partial charge in [0.1, 0.15) is 16.9 Å². The highest BCUT2D eigenvalue weighted by molar-refractivity contribution is 6.74. The molecule has 0 aromatic carbocycles. The van der Waals surface area contributed by atoms with Gasteiger partial charge in [0.25, 0.3) is 0 Å². The van der Waals surface area contributed by atoms with Gasteiger partial charge in [0.2, 0.25) is 0 Å². The number of ketones is 1. The maximum atomic E-state index is 13.5. The fourth-order valence-corrected chi connectivity index (χ4v) is 5.68. The summed E-state index contributed by atoms with van der Waals surface area (Å²) < 4.78 is 18.4. The molecule has 5 nitrogen and oxygen atoms in total. The van der Waals surface area contributed by atoms with Crippen LogP contribution >= 0.6 is 0 Å². The van der Waals surface area contributed by atoms with Crippen molar-refractivity contribution in [1.82, 2.24) is 0 Å². The molecule has 0 spiro atoms. The SMILES string of the molecule is CCOC(=O)C1=C(C)O[C@]2(C)C(O[Si](C)(C)C(C)(C)C)C[C@@H](C(C)C)C[C@H]2C1=O. The number of carbonyl (C=O) groups is 2. The topological polar surface area (TPSA) is 61.8 Å². The van der Waals surface area contributed by atoms with Crippen molar-refractivity contribution in [2.45, 2.75) is 98.1 Å². The Morgan fingerprint density at radius 3 is 2.34 bits per heavy atom. The Labute approximate surface area is 177 Å².